The number of nitrogens with zero attached hydrogens (tertiary/aromatic N) is 9. The molecule has 3 heterocycles. The first-order valence-electron chi connectivity index (χ1n) is 20.2. The van der Waals surface area contributed by atoms with Crippen molar-refractivity contribution >= 4 is 75.0 Å². The van der Waals surface area contributed by atoms with Gasteiger partial charge >= 0.3 is 11.9 Å². The number of nitro benzene ring substituents is 6. The molecule has 0 saturated heterocycles. The quantitative estimate of drug-likeness (QED) is 0.0327. The number of nitrogens with two attached hydrogens (primary N) is 2. The average molecular weight is 1040 g/mol. The normalized spacial score (nSPS) is 9.44. The van der Waals surface area contributed by atoms with Crippen LogP contribution in [0, 0.1) is 60.7 Å². The lowest BCUT2D eigenvalue weighted by Gasteiger charge is -2.07. The van der Waals surface area contributed by atoms with Gasteiger partial charge in [-0.05, 0) is 48.5 Å². The number of non-ortho nitro benzene ring substituents is 6. The number of rotatable bonds is 10. The van der Waals surface area contributed by atoms with Gasteiger partial charge in [-0.25, -0.2) is 0 Å². The minimum absolute atomic E-state index is 0. The van der Waals surface area contributed by atoms with Crippen molar-refractivity contribution in [3.63, 3.8) is 0 Å². The molecule has 75 heavy (non-hydrogen) atoms. The number of benzene rings is 4. The maximum atomic E-state index is 11.0. The Morgan fingerprint density at radius 3 is 0.947 bits per heavy atom. The fraction of sp³-hybridized carbons (Fsp3) is 0.111. The number of nitrogen functional groups attached to an aromatic ring is 2. The molecule has 30 nitrogen and oxygen atoms in total. The number of ether oxygens (including phenoxy) is 1. The minimum Gasteiger partial charge on any atom is -0.481 e. The summed E-state index contributed by atoms with van der Waals surface area (Å²) in [6.45, 7) is 4.80. The van der Waals surface area contributed by atoms with Crippen molar-refractivity contribution in [2.45, 2.75) is 35.1 Å². The van der Waals surface area contributed by atoms with Gasteiger partial charge in [-0.3, -0.25) is 79.9 Å². The molecule has 0 saturated carbocycles. The lowest BCUT2D eigenvalue weighted by atomic mass is 10.2. The van der Waals surface area contributed by atoms with Crippen LogP contribution < -0.4 is 16.8 Å². The predicted octanol–water partition coefficient (Wildman–Crippen LogP) is 8.51. The molecule has 0 bridgehead atoms. The van der Waals surface area contributed by atoms with E-state index in [1.54, 1.807) is 75.1 Å². The number of aromatic nitrogens is 3. The molecular formula is C45H46N12O18. The van der Waals surface area contributed by atoms with Crippen LogP contribution in [-0.4, -0.2) is 72.2 Å². The molecule has 30 heteroatoms. The molecule has 0 aliphatic rings. The highest BCUT2D eigenvalue weighted by Crippen LogP contribution is 2.27. The first-order chi connectivity index (χ1) is 34.7. The minimum atomic E-state index is -0.833. The van der Waals surface area contributed by atoms with E-state index in [2.05, 4.69) is 10.1 Å². The van der Waals surface area contributed by atoms with Gasteiger partial charge in [0, 0.05) is 130 Å². The van der Waals surface area contributed by atoms with Crippen molar-refractivity contribution < 1.29 is 58.6 Å². The highest BCUT2D eigenvalue weighted by molar-refractivity contribution is 5.89. The summed E-state index contributed by atoms with van der Waals surface area (Å²) in [6.07, 6.45) is 10.5. The van der Waals surface area contributed by atoms with Crippen LogP contribution in [0.4, 0.5) is 51.2 Å². The summed E-state index contributed by atoms with van der Waals surface area (Å²) in [5.74, 6) is -2.23. The summed E-state index contributed by atoms with van der Waals surface area (Å²) >= 11 is 0. The number of amides is 1. The summed E-state index contributed by atoms with van der Waals surface area (Å²) in [6, 6.07) is 26.2. The fourth-order valence-corrected chi connectivity index (χ4v) is 5.49. The Morgan fingerprint density at radius 1 is 0.440 bits per heavy atom. The van der Waals surface area contributed by atoms with Gasteiger partial charge in [-0.2, -0.15) is 0 Å². The summed E-state index contributed by atoms with van der Waals surface area (Å²) in [5, 5.41) is 73.3. The molecule has 7 aromatic rings. The number of hydrogen-bond acceptors (Lipinski definition) is 19. The van der Waals surface area contributed by atoms with Crippen molar-refractivity contribution in [2.75, 3.05) is 16.8 Å². The van der Waals surface area contributed by atoms with Crippen LogP contribution in [0.25, 0.3) is 17.1 Å². The number of carboxylic acid groups (broad SMARTS) is 1. The number of anilines is 3. The zero-order valence-corrected chi connectivity index (χ0v) is 38.9. The molecule has 0 unspecified atom stereocenters. The smallest absolute Gasteiger partial charge is 0.310 e. The van der Waals surface area contributed by atoms with E-state index in [1.165, 1.54) is 57.2 Å². The van der Waals surface area contributed by atoms with Crippen LogP contribution in [0.15, 0.2) is 146 Å². The van der Waals surface area contributed by atoms with E-state index >= 15 is 0 Å². The van der Waals surface area contributed by atoms with Crippen molar-refractivity contribution in [1.29, 1.82) is 0 Å². The zero-order valence-electron chi connectivity index (χ0n) is 38.9. The number of carboxylic acids is 1. The highest BCUT2D eigenvalue weighted by atomic mass is 16.6. The molecule has 0 fully saturated rings. The molecule has 4 aromatic carbocycles. The highest BCUT2D eigenvalue weighted by Gasteiger charge is 2.18. The second-order valence-corrected chi connectivity index (χ2v) is 14.1. The lowest BCUT2D eigenvalue weighted by molar-refractivity contribution is -0.394. The van der Waals surface area contributed by atoms with Gasteiger partial charge in [0.15, 0.2) is 0 Å². The van der Waals surface area contributed by atoms with E-state index in [-0.39, 0.29) is 53.1 Å². The van der Waals surface area contributed by atoms with Gasteiger partial charge in [0.1, 0.15) is 0 Å². The number of nitro groups is 6. The maximum absolute atomic E-state index is 11.0. The van der Waals surface area contributed by atoms with E-state index < -0.39 is 47.4 Å². The summed E-state index contributed by atoms with van der Waals surface area (Å²) in [7, 11) is 0. The zero-order chi connectivity index (χ0) is 55.8. The average Bonchev–Trinajstić information content (AvgIpc) is 4.14. The SMILES string of the molecule is C.CC(=O)Nc1cc(-n2cccc2)cc([N+](=O)[O-])c1.CC(=O)O.CC(=O)OC(C)=O.Nc1cc(-n2cccc2)cc([N+](=O)[O-])c1.Nc1cc([N+](=O)[O-])cc([N+](=O)[O-])c1.O=[N+]([O-])c1cc(-n2cccc2)cc([N+](=O)[O-])c1. The molecule has 0 aliphatic carbocycles. The van der Waals surface area contributed by atoms with Crippen LogP contribution in [-0.2, 0) is 23.9 Å². The van der Waals surface area contributed by atoms with E-state index in [0.717, 1.165) is 31.2 Å². The van der Waals surface area contributed by atoms with Crippen LogP contribution in [0.1, 0.15) is 35.1 Å². The van der Waals surface area contributed by atoms with Gasteiger partial charge in [0.2, 0.25) is 5.91 Å². The molecule has 394 valence electrons. The number of nitrogens with one attached hydrogen (secondary N) is 1. The molecular weight excluding hydrogens is 997 g/mol. The molecule has 0 spiro atoms. The Balaban J connectivity index is 0.000000469. The molecule has 3 aromatic heterocycles. The number of esters is 2. The number of aliphatic carboxylic acids is 1. The first kappa shape index (κ1) is 61.8. The number of carbonyl (C=O) groups is 4. The van der Waals surface area contributed by atoms with Gasteiger partial charge in [0.25, 0.3) is 40.1 Å². The van der Waals surface area contributed by atoms with Gasteiger partial charge in [-0.1, -0.05) is 7.43 Å². The first-order valence-corrected chi connectivity index (χ1v) is 20.2. The van der Waals surface area contributed by atoms with Crippen molar-refractivity contribution in [1.82, 2.24) is 13.7 Å². The second-order valence-electron chi connectivity index (χ2n) is 14.1. The molecule has 6 N–H and O–H groups in total. The van der Waals surface area contributed by atoms with Crippen molar-refractivity contribution in [3.05, 3.63) is 207 Å². The van der Waals surface area contributed by atoms with Crippen LogP contribution in [0.3, 0.4) is 0 Å². The molecule has 7 rings (SSSR count). The Hall–Kier alpha value is -11.2. The van der Waals surface area contributed by atoms with E-state index in [4.69, 9.17) is 21.4 Å². The lowest BCUT2D eigenvalue weighted by Crippen LogP contribution is -2.07. The molecule has 1 amide bonds. The third kappa shape index (κ3) is 22.4. The second kappa shape index (κ2) is 29.7. The largest absolute Gasteiger partial charge is 0.481 e. The third-order valence-electron chi connectivity index (χ3n) is 8.22. The fourth-order valence-electron chi connectivity index (χ4n) is 5.49. The summed E-state index contributed by atoms with van der Waals surface area (Å²) in [4.78, 5) is 99.2. The van der Waals surface area contributed by atoms with Crippen LogP contribution >= 0.6 is 0 Å². The Morgan fingerprint density at radius 2 is 0.680 bits per heavy atom. The van der Waals surface area contributed by atoms with Crippen LogP contribution in [0.5, 0.6) is 0 Å². The maximum Gasteiger partial charge on any atom is 0.310 e. The monoisotopic (exact) mass is 1040 g/mol. The molecule has 0 atom stereocenters. The summed E-state index contributed by atoms with van der Waals surface area (Å²) < 4.78 is 9.04. The third-order valence-corrected chi connectivity index (χ3v) is 8.22. The van der Waals surface area contributed by atoms with E-state index in [9.17, 15) is 75.1 Å². The van der Waals surface area contributed by atoms with Crippen LogP contribution in [0.2, 0.25) is 0 Å². The Bertz CT molecular complexity index is 3060. The number of carbonyl (C=O) groups excluding carboxylic acids is 3. The van der Waals surface area contributed by atoms with E-state index in [1.807, 2.05) is 24.3 Å². The molecule has 0 aliphatic heterocycles. The predicted molar refractivity (Wildman–Crippen MR) is 269 cm³/mol. The van der Waals surface area contributed by atoms with Crippen molar-refractivity contribution in [3.8, 4) is 17.1 Å². The Kier molecular flexibility index (Phi) is 24.5. The van der Waals surface area contributed by atoms with Gasteiger partial charge in [-0.15, -0.1) is 0 Å². The Labute approximate surface area is 422 Å². The number of hydrogen-bond donors (Lipinski definition) is 4. The summed E-state index contributed by atoms with van der Waals surface area (Å²) in [5.41, 5.74) is 11.9. The van der Waals surface area contributed by atoms with Crippen molar-refractivity contribution in [2.24, 2.45) is 0 Å². The van der Waals surface area contributed by atoms with E-state index in [0.29, 0.717) is 28.4 Å². The standard InChI is InChI=1S/C12H11N3O3.C10H7N3O4.C10H9N3O2.C6H5N3O4.C4H6O3.C2H4O2.CH4/c1-9(16)13-10-6-11(14-4-2-3-5-14)8-12(7-10)15(17)18;14-12(15)9-5-8(11-3-1-2-4-11)6-10(7-9)13(16)17;11-8-5-9(12-3-1-2-4-12)7-10(6-8)13(14)15;7-4-1-5(8(10)11)3-6(2-4)9(12)13;1-3(5)7-4(2)6;1-2(3)4;/h2-8H,1H3,(H,13,16);1-7H;1-7H,11H2;1-3H,7H2;1-2H3;1H3,(H,3,4);1H4. The van der Waals surface area contributed by atoms with Gasteiger partial charge < -0.3 is 40.3 Å². The molecule has 0 radical (unpaired) electrons. The van der Waals surface area contributed by atoms with Gasteiger partial charge in [0.05, 0.1) is 58.7 Å². The topological polar surface area (TPSA) is 435 Å².